The summed E-state index contributed by atoms with van der Waals surface area (Å²) in [7, 11) is 0. The van der Waals surface area contributed by atoms with Crippen molar-refractivity contribution in [2.75, 3.05) is 11.9 Å². The number of nitrogens with zero attached hydrogens (tertiary/aromatic N) is 1. The van der Waals surface area contributed by atoms with Gasteiger partial charge in [-0.25, -0.2) is 0 Å². The lowest BCUT2D eigenvalue weighted by atomic mass is 10.1. The zero-order valence-electron chi connectivity index (χ0n) is 18.5. The molecule has 0 aliphatic heterocycles. The van der Waals surface area contributed by atoms with E-state index in [1.165, 1.54) is 16.5 Å². The third kappa shape index (κ3) is 5.06. The zero-order valence-corrected chi connectivity index (χ0v) is 18.5. The minimum Gasteiger partial charge on any atom is -0.361 e. The summed E-state index contributed by atoms with van der Waals surface area (Å²) < 4.78 is 0. The summed E-state index contributed by atoms with van der Waals surface area (Å²) in [5.74, 6) is 0.277. The molecule has 0 spiro atoms. The highest BCUT2D eigenvalue weighted by atomic mass is 16.1. The number of rotatable bonds is 6. The van der Waals surface area contributed by atoms with Gasteiger partial charge in [0.25, 0.3) is 5.91 Å². The van der Waals surface area contributed by atoms with E-state index in [-0.39, 0.29) is 5.91 Å². The van der Waals surface area contributed by atoms with Gasteiger partial charge in [0.05, 0.1) is 0 Å². The van der Waals surface area contributed by atoms with E-state index in [9.17, 15) is 4.79 Å². The van der Waals surface area contributed by atoms with Crippen LogP contribution in [0.15, 0.2) is 84.0 Å². The SMILES string of the molecule is CCc1cccc(NC(=NCCc2c[nH]c3ccccc23)NC(=O)c2ccccc2C)c1. The second-order valence-electron chi connectivity index (χ2n) is 7.79. The van der Waals surface area contributed by atoms with Crippen LogP contribution in [0.5, 0.6) is 0 Å². The molecule has 0 unspecified atom stereocenters. The summed E-state index contributed by atoms with van der Waals surface area (Å²) in [4.78, 5) is 20.9. The first-order valence-corrected chi connectivity index (χ1v) is 11.0. The van der Waals surface area contributed by atoms with Gasteiger partial charge in [-0.15, -0.1) is 0 Å². The number of hydrogen-bond donors (Lipinski definition) is 3. The Morgan fingerprint density at radius 2 is 1.81 bits per heavy atom. The third-order valence-electron chi connectivity index (χ3n) is 5.55. The molecule has 0 saturated carbocycles. The van der Waals surface area contributed by atoms with Crippen LogP contribution in [0.25, 0.3) is 10.9 Å². The molecule has 1 heterocycles. The van der Waals surface area contributed by atoms with Gasteiger partial charge in [0.2, 0.25) is 5.96 Å². The molecule has 0 aliphatic rings. The van der Waals surface area contributed by atoms with Gasteiger partial charge in [-0.05, 0) is 60.7 Å². The Morgan fingerprint density at radius 1 is 1.00 bits per heavy atom. The summed E-state index contributed by atoms with van der Waals surface area (Å²) in [5.41, 5.74) is 6.02. The lowest BCUT2D eigenvalue weighted by Crippen LogP contribution is -2.36. The van der Waals surface area contributed by atoms with Crippen molar-refractivity contribution in [3.63, 3.8) is 0 Å². The van der Waals surface area contributed by atoms with Crippen molar-refractivity contribution >= 4 is 28.5 Å². The van der Waals surface area contributed by atoms with Crippen LogP contribution in [-0.4, -0.2) is 23.4 Å². The molecule has 0 atom stereocenters. The number of aliphatic imine (C=N–C) groups is 1. The number of aromatic nitrogens is 1. The number of H-pyrrole nitrogens is 1. The number of aromatic amines is 1. The Balaban J connectivity index is 1.54. The summed E-state index contributed by atoms with van der Waals surface area (Å²) in [6, 6.07) is 23.9. The van der Waals surface area contributed by atoms with Crippen LogP contribution in [0.1, 0.15) is 34.0 Å². The molecule has 4 rings (SSSR count). The number of hydrogen-bond acceptors (Lipinski definition) is 2. The highest BCUT2D eigenvalue weighted by molar-refractivity contribution is 6.10. The number of carbonyl (C=O) groups is 1. The largest absolute Gasteiger partial charge is 0.361 e. The van der Waals surface area contributed by atoms with Crippen molar-refractivity contribution in [3.8, 4) is 0 Å². The normalized spacial score (nSPS) is 11.5. The molecule has 1 aromatic heterocycles. The molecule has 1 amide bonds. The smallest absolute Gasteiger partial charge is 0.258 e. The van der Waals surface area contributed by atoms with Crippen LogP contribution >= 0.6 is 0 Å². The lowest BCUT2D eigenvalue weighted by molar-refractivity contribution is 0.0976. The standard InChI is InChI=1S/C27H28N4O/c1-3-20-10-8-11-22(17-20)30-27(31-26(32)23-12-5-4-9-19(23)2)28-16-15-21-18-29-25-14-7-6-13-24(21)25/h4-14,17-18,29H,3,15-16H2,1-2H3,(H2,28,30,31,32). The van der Waals surface area contributed by atoms with Gasteiger partial charge in [0.1, 0.15) is 0 Å². The second kappa shape index (κ2) is 9.96. The Labute approximate surface area is 188 Å². The number of fused-ring (bicyclic) bond motifs is 1. The lowest BCUT2D eigenvalue weighted by Gasteiger charge is -2.13. The zero-order chi connectivity index (χ0) is 22.3. The molecule has 4 aromatic rings. The van der Waals surface area contributed by atoms with Crippen LogP contribution in [-0.2, 0) is 12.8 Å². The van der Waals surface area contributed by atoms with Crippen molar-refractivity contribution in [2.45, 2.75) is 26.7 Å². The van der Waals surface area contributed by atoms with E-state index in [0.717, 1.165) is 29.6 Å². The van der Waals surface area contributed by atoms with Gasteiger partial charge in [0.15, 0.2) is 0 Å². The van der Waals surface area contributed by atoms with E-state index in [4.69, 9.17) is 4.99 Å². The molecule has 32 heavy (non-hydrogen) atoms. The molecule has 5 nitrogen and oxygen atoms in total. The van der Waals surface area contributed by atoms with Gasteiger partial charge in [-0.2, -0.15) is 0 Å². The fourth-order valence-electron chi connectivity index (χ4n) is 3.75. The van der Waals surface area contributed by atoms with Crippen LogP contribution in [0.4, 0.5) is 5.69 Å². The molecule has 162 valence electrons. The molecule has 0 aliphatic carbocycles. The van der Waals surface area contributed by atoms with Gasteiger partial charge in [-0.3, -0.25) is 15.1 Å². The van der Waals surface area contributed by atoms with Crippen molar-refractivity contribution in [3.05, 3.63) is 101 Å². The Morgan fingerprint density at radius 3 is 2.66 bits per heavy atom. The maximum atomic E-state index is 12.9. The quantitative estimate of drug-likeness (QED) is 0.283. The molecule has 0 fully saturated rings. The number of anilines is 1. The monoisotopic (exact) mass is 424 g/mol. The van der Waals surface area contributed by atoms with E-state index < -0.39 is 0 Å². The van der Waals surface area contributed by atoms with Gasteiger partial charge < -0.3 is 10.3 Å². The number of para-hydroxylation sites is 1. The van der Waals surface area contributed by atoms with Crippen LogP contribution in [0.3, 0.4) is 0 Å². The van der Waals surface area contributed by atoms with Crippen LogP contribution < -0.4 is 10.6 Å². The molecular formula is C27H28N4O. The van der Waals surface area contributed by atoms with Gasteiger partial charge in [-0.1, -0.05) is 55.5 Å². The number of carbonyl (C=O) groups excluding carboxylic acids is 1. The fraction of sp³-hybridized carbons (Fsp3) is 0.185. The molecule has 5 heteroatoms. The Bertz CT molecular complexity index is 1260. The molecule has 3 aromatic carbocycles. The number of nitrogens with one attached hydrogen (secondary N) is 3. The number of benzene rings is 3. The van der Waals surface area contributed by atoms with E-state index in [1.54, 1.807) is 0 Å². The minimum atomic E-state index is -0.173. The summed E-state index contributed by atoms with van der Waals surface area (Å²) in [6.07, 6.45) is 3.74. The molecule has 0 saturated heterocycles. The number of guanidine groups is 1. The maximum Gasteiger partial charge on any atom is 0.258 e. The first-order chi connectivity index (χ1) is 15.6. The molecule has 0 bridgehead atoms. The van der Waals surface area contributed by atoms with Crippen molar-refractivity contribution in [1.82, 2.24) is 10.3 Å². The Hall–Kier alpha value is -3.86. The van der Waals surface area contributed by atoms with Crippen molar-refractivity contribution in [1.29, 1.82) is 0 Å². The maximum absolute atomic E-state index is 12.9. The average molecular weight is 425 g/mol. The number of amides is 1. The summed E-state index contributed by atoms with van der Waals surface area (Å²) >= 11 is 0. The second-order valence-corrected chi connectivity index (χ2v) is 7.79. The number of aryl methyl sites for hydroxylation is 2. The third-order valence-corrected chi connectivity index (χ3v) is 5.55. The highest BCUT2D eigenvalue weighted by Gasteiger charge is 2.12. The van der Waals surface area contributed by atoms with E-state index in [0.29, 0.717) is 18.1 Å². The first kappa shape index (κ1) is 21.4. The van der Waals surface area contributed by atoms with Crippen molar-refractivity contribution < 1.29 is 4.79 Å². The minimum absolute atomic E-state index is 0.173. The van der Waals surface area contributed by atoms with E-state index in [1.807, 2.05) is 61.7 Å². The van der Waals surface area contributed by atoms with E-state index >= 15 is 0 Å². The average Bonchev–Trinajstić information content (AvgIpc) is 3.22. The van der Waals surface area contributed by atoms with Gasteiger partial charge in [0, 0.05) is 34.9 Å². The molecule has 0 radical (unpaired) electrons. The molecular weight excluding hydrogens is 396 g/mol. The predicted octanol–water partition coefficient (Wildman–Crippen LogP) is 5.48. The molecule has 3 N–H and O–H groups in total. The predicted molar refractivity (Wildman–Crippen MR) is 132 cm³/mol. The van der Waals surface area contributed by atoms with Gasteiger partial charge >= 0.3 is 0 Å². The summed E-state index contributed by atoms with van der Waals surface area (Å²) in [5, 5.41) is 7.48. The van der Waals surface area contributed by atoms with Crippen molar-refractivity contribution in [2.24, 2.45) is 4.99 Å². The Kier molecular flexibility index (Phi) is 6.66. The topological polar surface area (TPSA) is 69.3 Å². The van der Waals surface area contributed by atoms with Crippen LogP contribution in [0, 0.1) is 6.92 Å². The first-order valence-electron chi connectivity index (χ1n) is 11.0. The summed E-state index contributed by atoms with van der Waals surface area (Å²) in [6.45, 7) is 4.60. The van der Waals surface area contributed by atoms with E-state index in [2.05, 4.69) is 46.8 Å². The fourth-order valence-corrected chi connectivity index (χ4v) is 3.75. The highest BCUT2D eigenvalue weighted by Crippen LogP contribution is 2.18. The van der Waals surface area contributed by atoms with Crippen LogP contribution in [0.2, 0.25) is 0 Å².